The minimum absolute atomic E-state index is 0.104. The molecule has 0 heterocycles. The SMILES string of the molecule is CCC(C(=O)O)C(O)(C(=O)O)C(CC)(CC)C(=O)O.CCOC(=O)CCC(=O)OCC. The largest absolute Gasteiger partial charge is 0.481 e. The van der Waals surface area contributed by atoms with Gasteiger partial charge in [0, 0.05) is 0 Å². The quantitative estimate of drug-likeness (QED) is 0.299. The predicted octanol–water partition coefficient (Wildman–Crippen LogP) is 1.70. The fraction of sp³-hybridized carbons (Fsp3) is 0.750. The molecule has 2 unspecified atom stereocenters. The van der Waals surface area contributed by atoms with Gasteiger partial charge in [-0.2, -0.15) is 0 Å². The summed E-state index contributed by atoms with van der Waals surface area (Å²) in [6.07, 6.45) is -0.358. The molecule has 0 bridgehead atoms. The molecule has 180 valence electrons. The number of hydrogen-bond acceptors (Lipinski definition) is 8. The summed E-state index contributed by atoms with van der Waals surface area (Å²) in [7, 11) is 0. The number of aliphatic hydroxyl groups is 1. The molecule has 0 aliphatic heterocycles. The van der Waals surface area contributed by atoms with Gasteiger partial charge in [0.05, 0.1) is 32.0 Å². The van der Waals surface area contributed by atoms with Crippen LogP contribution in [0.4, 0.5) is 0 Å². The van der Waals surface area contributed by atoms with Crippen molar-refractivity contribution in [3.8, 4) is 0 Å². The fourth-order valence-electron chi connectivity index (χ4n) is 3.26. The van der Waals surface area contributed by atoms with E-state index < -0.39 is 34.8 Å². The van der Waals surface area contributed by atoms with Gasteiger partial charge in [-0.05, 0) is 33.1 Å². The number of aliphatic carboxylic acids is 3. The molecule has 0 spiro atoms. The summed E-state index contributed by atoms with van der Waals surface area (Å²) in [5, 5.41) is 38.1. The van der Waals surface area contributed by atoms with Crippen molar-refractivity contribution >= 4 is 29.8 Å². The van der Waals surface area contributed by atoms with Crippen molar-refractivity contribution in [2.75, 3.05) is 13.2 Å². The van der Waals surface area contributed by atoms with E-state index in [9.17, 15) is 39.3 Å². The normalized spacial score (nSPS) is 13.6. The molecule has 0 radical (unpaired) electrons. The Labute approximate surface area is 181 Å². The third-order valence-electron chi connectivity index (χ3n) is 5.03. The third-order valence-corrected chi connectivity index (χ3v) is 5.03. The standard InChI is InChI=1S/C12H20O7.C8H14O4/c1-4-7(8(13)14)12(19,10(17)18)11(5-2,6-3)9(15)16;1-3-11-7(9)5-6-8(10)12-4-2/h7,19H,4-6H2,1-3H3,(H,13,14)(H,15,16)(H,17,18);3-6H2,1-2H3. The molecule has 11 nitrogen and oxygen atoms in total. The highest BCUT2D eigenvalue weighted by atomic mass is 16.5. The van der Waals surface area contributed by atoms with Gasteiger partial charge in [0.15, 0.2) is 5.60 Å². The van der Waals surface area contributed by atoms with Crippen molar-refractivity contribution in [2.45, 2.75) is 72.3 Å². The lowest BCUT2D eigenvalue weighted by Crippen LogP contribution is -2.63. The van der Waals surface area contributed by atoms with Crippen molar-refractivity contribution in [3.05, 3.63) is 0 Å². The zero-order valence-corrected chi connectivity index (χ0v) is 18.7. The summed E-state index contributed by atoms with van der Waals surface area (Å²) in [6, 6.07) is 0. The smallest absolute Gasteiger partial charge is 0.337 e. The number of carboxylic acid groups (broad SMARTS) is 3. The van der Waals surface area contributed by atoms with Crippen LogP contribution in [0.5, 0.6) is 0 Å². The number of rotatable bonds is 13. The van der Waals surface area contributed by atoms with Gasteiger partial charge in [0.25, 0.3) is 0 Å². The molecule has 0 fully saturated rings. The van der Waals surface area contributed by atoms with Gasteiger partial charge in [-0.1, -0.05) is 20.8 Å². The highest BCUT2D eigenvalue weighted by Crippen LogP contribution is 2.45. The number of carbonyl (C=O) groups is 5. The van der Waals surface area contributed by atoms with Crippen LogP contribution < -0.4 is 0 Å². The molecule has 0 aromatic heterocycles. The summed E-state index contributed by atoms with van der Waals surface area (Å²) in [5.74, 6) is -7.27. The zero-order chi connectivity index (χ0) is 24.8. The molecule has 0 saturated carbocycles. The Morgan fingerprint density at radius 1 is 0.742 bits per heavy atom. The lowest BCUT2D eigenvalue weighted by Gasteiger charge is -2.43. The van der Waals surface area contributed by atoms with E-state index in [2.05, 4.69) is 9.47 Å². The predicted molar refractivity (Wildman–Crippen MR) is 107 cm³/mol. The monoisotopic (exact) mass is 450 g/mol. The minimum atomic E-state index is -2.86. The number of esters is 2. The van der Waals surface area contributed by atoms with E-state index in [1.165, 1.54) is 20.8 Å². The molecule has 0 rings (SSSR count). The van der Waals surface area contributed by atoms with Crippen molar-refractivity contribution in [1.29, 1.82) is 0 Å². The van der Waals surface area contributed by atoms with Gasteiger partial charge in [0.1, 0.15) is 5.41 Å². The zero-order valence-electron chi connectivity index (χ0n) is 18.7. The number of carboxylic acids is 3. The first-order valence-electron chi connectivity index (χ1n) is 10.1. The van der Waals surface area contributed by atoms with Gasteiger partial charge in [-0.15, -0.1) is 0 Å². The van der Waals surface area contributed by atoms with E-state index in [-0.39, 0.29) is 44.0 Å². The number of carbonyl (C=O) groups excluding carboxylic acids is 2. The van der Waals surface area contributed by atoms with Crippen LogP contribution in [-0.2, 0) is 33.4 Å². The summed E-state index contributed by atoms with van der Waals surface area (Å²) >= 11 is 0. The molecule has 0 aromatic carbocycles. The Bertz CT molecular complexity index is 607. The van der Waals surface area contributed by atoms with Crippen molar-refractivity contribution in [1.82, 2.24) is 0 Å². The molecule has 0 aliphatic carbocycles. The summed E-state index contributed by atoms with van der Waals surface area (Å²) < 4.78 is 9.25. The van der Waals surface area contributed by atoms with Crippen molar-refractivity contribution in [3.63, 3.8) is 0 Å². The Hall–Kier alpha value is -2.69. The lowest BCUT2D eigenvalue weighted by molar-refractivity contribution is -0.205. The van der Waals surface area contributed by atoms with Crippen LogP contribution >= 0.6 is 0 Å². The highest BCUT2D eigenvalue weighted by Gasteiger charge is 2.64. The van der Waals surface area contributed by atoms with Crippen LogP contribution in [0, 0.1) is 11.3 Å². The molecular weight excluding hydrogens is 416 g/mol. The molecule has 0 aliphatic rings. The molecule has 0 saturated heterocycles. The Morgan fingerprint density at radius 3 is 1.32 bits per heavy atom. The van der Waals surface area contributed by atoms with Gasteiger partial charge in [0.2, 0.25) is 0 Å². The van der Waals surface area contributed by atoms with Gasteiger partial charge in [-0.25, -0.2) is 4.79 Å². The topological polar surface area (TPSA) is 185 Å². The maximum absolute atomic E-state index is 11.5. The van der Waals surface area contributed by atoms with Crippen molar-refractivity contribution in [2.24, 2.45) is 11.3 Å². The van der Waals surface area contributed by atoms with E-state index in [4.69, 9.17) is 5.11 Å². The average molecular weight is 450 g/mol. The van der Waals surface area contributed by atoms with E-state index in [0.29, 0.717) is 13.2 Å². The van der Waals surface area contributed by atoms with Crippen LogP contribution in [0.1, 0.15) is 66.7 Å². The lowest BCUT2D eigenvalue weighted by atomic mass is 9.61. The van der Waals surface area contributed by atoms with Crippen LogP contribution in [-0.4, -0.2) is 69.1 Å². The molecular formula is C20H34O11. The van der Waals surface area contributed by atoms with Gasteiger partial charge < -0.3 is 29.9 Å². The van der Waals surface area contributed by atoms with Crippen LogP contribution in [0.2, 0.25) is 0 Å². The van der Waals surface area contributed by atoms with E-state index in [1.807, 2.05) is 0 Å². The second-order valence-corrected chi connectivity index (χ2v) is 6.58. The first-order valence-corrected chi connectivity index (χ1v) is 10.1. The molecule has 31 heavy (non-hydrogen) atoms. The minimum Gasteiger partial charge on any atom is -0.481 e. The summed E-state index contributed by atoms with van der Waals surface area (Å²) in [6.45, 7) is 8.37. The molecule has 11 heteroatoms. The van der Waals surface area contributed by atoms with Crippen LogP contribution in [0.15, 0.2) is 0 Å². The van der Waals surface area contributed by atoms with Crippen LogP contribution in [0.25, 0.3) is 0 Å². The maximum Gasteiger partial charge on any atom is 0.337 e. The second-order valence-electron chi connectivity index (χ2n) is 6.58. The van der Waals surface area contributed by atoms with Gasteiger partial charge in [-0.3, -0.25) is 19.2 Å². The fourth-order valence-corrected chi connectivity index (χ4v) is 3.26. The Balaban J connectivity index is 0. The maximum atomic E-state index is 11.5. The second kappa shape index (κ2) is 14.3. The van der Waals surface area contributed by atoms with E-state index >= 15 is 0 Å². The average Bonchev–Trinajstić information content (AvgIpc) is 2.68. The first-order chi connectivity index (χ1) is 14.4. The molecule has 0 amide bonds. The molecule has 0 aromatic rings. The Morgan fingerprint density at radius 2 is 1.13 bits per heavy atom. The molecule has 4 N–H and O–H groups in total. The van der Waals surface area contributed by atoms with Gasteiger partial charge >= 0.3 is 29.8 Å². The summed E-state index contributed by atoms with van der Waals surface area (Å²) in [4.78, 5) is 55.5. The number of hydrogen-bond donors (Lipinski definition) is 4. The number of ether oxygens (including phenoxy) is 2. The van der Waals surface area contributed by atoms with Crippen LogP contribution in [0.3, 0.4) is 0 Å². The Kier molecular flexibility index (Phi) is 14.1. The van der Waals surface area contributed by atoms with E-state index in [0.717, 1.165) is 0 Å². The molecule has 2 atom stereocenters. The van der Waals surface area contributed by atoms with E-state index in [1.54, 1.807) is 13.8 Å². The third kappa shape index (κ3) is 7.82. The first kappa shape index (κ1) is 30.5. The highest BCUT2D eigenvalue weighted by molar-refractivity contribution is 5.93. The van der Waals surface area contributed by atoms with Crippen molar-refractivity contribution < 1.29 is 53.9 Å². The summed E-state index contributed by atoms with van der Waals surface area (Å²) in [5.41, 5.74) is -4.90.